The Hall–Kier alpha value is -3.22. The van der Waals surface area contributed by atoms with Crippen molar-refractivity contribution in [3.63, 3.8) is 0 Å². The van der Waals surface area contributed by atoms with Crippen LogP contribution >= 0.6 is 0 Å². The average molecular weight is 372 g/mol. The van der Waals surface area contributed by atoms with E-state index in [2.05, 4.69) is 10.9 Å². The molecule has 0 spiro atoms. The lowest BCUT2D eigenvalue weighted by atomic mass is 10.1. The zero-order valence-electron chi connectivity index (χ0n) is 15.7. The highest BCUT2D eigenvalue weighted by atomic mass is 16.5. The maximum atomic E-state index is 12.3. The summed E-state index contributed by atoms with van der Waals surface area (Å²) in [6.07, 6.45) is 1.80. The molecule has 0 heterocycles. The van der Waals surface area contributed by atoms with Crippen LogP contribution in [0, 0.1) is 0 Å². The van der Waals surface area contributed by atoms with E-state index in [4.69, 9.17) is 14.2 Å². The second-order valence-corrected chi connectivity index (χ2v) is 5.76. The monoisotopic (exact) mass is 372 g/mol. The van der Waals surface area contributed by atoms with E-state index in [1.165, 1.54) is 39.0 Å². The Morgan fingerprint density at radius 2 is 1.52 bits per heavy atom. The van der Waals surface area contributed by atoms with Gasteiger partial charge in [0.25, 0.3) is 5.91 Å². The van der Waals surface area contributed by atoms with E-state index < -0.39 is 5.91 Å². The Bertz CT molecular complexity index is 752. The Kier molecular flexibility index (Phi) is 7.49. The van der Waals surface area contributed by atoms with Crippen LogP contribution in [0.15, 0.2) is 42.5 Å². The Morgan fingerprint density at radius 3 is 2.07 bits per heavy atom. The number of hydrogen-bond acceptors (Lipinski definition) is 5. The largest absolute Gasteiger partial charge is 0.493 e. The molecule has 0 saturated carbocycles. The minimum Gasteiger partial charge on any atom is -0.493 e. The van der Waals surface area contributed by atoms with Crippen LogP contribution in [0.3, 0.4) is 0 Å². The third kappa shape index (κ3) is 5.64. The van der Waals surface area contributed by atoms with E-state index in [9.17, 15) is 9.59 Å². The van der Waals surface area contributed by atoms with E-state index >= 15 is 0 Å². The molecule has 7 nitrogen and oxygen atoms in total. The third-order valence-corrected chi connectivity index (χ3v) is 3.95. The highest BCUT2D eigenvalue weighted by molar-refractivity contribution is 5.96. The quantitative estimate of drug-likeness (QED) is 0.696. The Labute approximate surface area is 158 Å². The summed E-state index contributed by atoms with van der Waals surface area (Å²) >= 11 is 0. The fourth-order valence-electron chi connectivity index (χ4n) is 2.57. The van der Waals surface area contributed by atoms with Gasteiger partial charge in [-0.05, 0) is 30.5 Å². The summed E-state index contributed by atoms with van der Waals surface area (Å²) in [5, 5.41) is 0. The molecule has 0 unspecified atom stereocenters. The third-order valence-electron chi connectivity index (χ3n) is 3.95. The van der Waals surface area contributed by atoms with Gasteiger partial charge in [-0.3, -0.25) is 20.4 Å². The number of benzene rings is 2. The number of ether oxygens (including phenoxy) is 3. The number of carbonyl (C=O) groups excluding carboxylic acids is 2. The number of carbonyl (C=O) groups is 2. The van der Waals surface area contributed by atoms with Crippen molar-refractivity contribution < 1.29 is 23.8 Å². The second kappa shape index (κ2) is 10.1. The lowest BCUT2D eigenvalue weighted by Crippen LogP contribution is -2.41. The fourth-order valence-corrected chi connectivity index (χ4v) is 2.57. The Balaban J connectivity index is 1.88. The first-order valence-corrected chi connectivity index (χ1v) is 8.52. The molecular formula is C20H24N2O5. The number of aryl methyl sites for hydroxylation is 1. The molecule has 0 radical (unpaired) electrons. The molecule has 0 bridgehead atoms. The van der Waals surface area contributed by atoms with Gasteiger partial charge in [0.1, 0.15) is 0 Å². The normalized spacial score (nSPS) is 10.0. The minimum absolute atomic E-state index is 0.258. The van der Waals surface area contributed by atoms with Crippen molar-refractivity contribution in [3.8, 4) is 17.2 Å². The van der Waals surface area contributed by atoms with Crippen molar-refractivity contribution in [2.24, 2.45) is 0 Å². The molecule has 2 amide bonds. The molecule has 0 fully saturated rings. The highest BCUT2D eigenvalue weighted by Gasteiger charge is 2.17. The van der Waals surface area contributed by atoms with Gasteiger partial charge in [0, 0.05) is 12.0 Å². The summed E-state index contributed by atoms with van der Waals surface area (Å²) in [6, 6.07) is 12.9. The van der Waals surface area contributed by atoms with Crippen LogP contribution in [-0.4, -0.2) is 33.1 Å². The zero-order chi connectivity index (χ0) is 19.6. The highest BCUT2D eigenvalue weighted by Crippen LogP contribution is 2.38. The molecule has 2 rings (SSSR count). The Morgan fingerprint density at radius 1 is 0.889 bits per heavy atom. The van der Waals surface area contributed by atoms with Crippen molar-refractivity contribution in [3.05, 3.63) is 53.6 Å². The molecule has 144 valence electrons. The lowest BCUT2D eigenvalue weighted by Gasteiger charge is -2.14. The smallest absolute Gasteiger partial charge is 0.269 e. The first-order valence-electron chi connectivity index (χ1n) is 8.52. The summed E-state index contributed by atoms with van der Waals surface area (Å²) in [4.78, 5) is 24.2. The molecule has 0 atom stereocenters. The van der Waals surface area contributed by atoms with Crippen LogP contribution in [0.4, 0.5) is 0 Å². The summed E-state index contributed by atoms with van der Waals surface area (Å²) in [5.41, 5.74) is 6.26. The van der Waals surface area contributed by atoms with Crippen LogP contribution in [0.5, 0.6) is 17.2 Å². The summed E-state index contributed by atoms with van der Waals surface area (Å²) in [6.45, 7) is 0. The lowest BCUT2D eigenvalue weighted by molar-refractivity contribution is -0.121. The number of hydrogen-bond donors (Lipinski definition) is 2. The van der Waals surface area contributed by atoms with Gasteiger partial charge in [0.05, 0.1) is 21.3 Å². The minimum atomic E-state index is -0.481. The molecule has 27 heavy (non-hydrogen) atoms. The van der Waals surface area contributed by atoms with Gasteiger partial charge in [0.15, 0.2) is 11.5 Å². The maximum Gasteiger partial charge on any atom is 0.269 e. The predicted octanol–water partition coefficient (Wildman–Crippen LogP) is 2.50. The second-order valence-electron chi connectivity index (χ2n) is 5.76. The molecule has 2 aromatic rings. The van der Waals surface area contributed by atoms with Crippen LogP contribution in [0.25, 0.3) is 0 Å². The van der Waals surface area contributed by atoms with Gasteiger partial charge in [-0.2, -0.15) is 0 Å². The number of nitrogens with one attached hydrogen (secondary N) is 2. The van der Waals surface area contributed by atoms with Crippen LogP contribution < -0.4 is 25.1 Å². The molecule has 0 aliphatic heterocycles. The van der Waals surface area contributed by atoms with Gasteiger partial charge < -0.3 is 14.2 Å². The zero-order valence-corrected chi connectivity index (χ0v) is 15.7. The SMILES string of the molecule is COc1cc(C(=O)NNC(=O)CCCc2ccccc2)cc(OC)c1OC. The van der Waals surface area contributed by atoms with Crippen molar-refractivity contribution in [2.75, 3.05) is 21.3 Å². The number of amides is 2. The van der Waals surface area contributed by atoms with Crippen LogP contribution in [0.2, 0.25) is 0 Å². The fraction of sp³-hybridized carbons (Fsp3) is 0.300. The number of methoxy groups -OCH3 is 3. The molecule has 0 saturated heterocycles. The van der Waals surface area contributed by atoms with E-state index in [1.807, 2.05) is 30.3 Å². The molecule has 2 N–H and O–H groups in total. The van der Waals surface area contributed by atoms with Gasteiger partial charge in [0.2, 0.25) is 11.7 Å². The number of rotatable bonds is 8. The van der Waals surface area contributed by atoms with Gasteiger partial charge in [-0.15, -0.1) is 0 Å². The first kappa shape index (κ1) is 20.1. The van der Waals surface area contributed by atoms with Crippen LogP contribution in [-0.2, 0) is 11.2 Å². The maximum absolute atomic E-state index is 12.3. The van der Waals surface area contributed by atoms with E-state index in [0.717, 1.165) is 6.42 Å². The van der Waals surface area contributed by atoms with E-state index in [-0.39, 0.29) is 11.5 Å². The molecular weight excluding hydrogens is 348 g/mol. The van der Waals surface area contributed by atoms with E-state index in [0.29, 0.717) is 30.1 Å². The van der Waals surface area contributed by atoms with E-state index in [1.54, 1.807) is 0 Å². The summed E-state index contributed by atoms with van der Waals surface area (Å²) < 4.78 is 15.7. The average Bonchev–Trinajstić information content (AvgIpc) is 2.71. The van der Waals surface area contributed by atoms with Gasteiger partial charge in [-0.1, -0.05) is 30.3 Å². The molecule has 7 heteroatoms. The van der Waals surface area contributed by atoms with Crippen molar-refractivity contribution >= 4 is 11.8 Å². The van der Waals surface area contributed by atoms with Crippen molar-refractivity contribution in [2.45, 2.75) is 19.3 Å². The molecule has 0 aliphatic rings. The van der Waals surface area contributed by atoms with Gasteiger partial charge in [-0.25, -0.2) is 0 Å². The van der Waals surface area contributed by atoms with Crippen molar-refractivity contribution in [1.82, 2.24) is 10.9 Å². The molecule has 0 aromatic heterocycles. The number of hydrazine groups is 1. The molecule has 0 aliphatic carbocycles. The standard InChI is InChI=1S/C20H24N2O5/c1-25-16-12-15(13-17(26-2)19(16)27-3)20(24)22-21-18(23)11-7-10-14-8-5-4-6-9-14/h4-6,8-9,12-13H,7,10-11H2,1-3H3,(H,21,23)(H,22,24). The predicted molar refractivity (Wildman–Crippen MR) is 101 cm³/mol. The summed E-state index contributed by atoms with van der Waals surface area (Å²) in [5.74, 6) is 0.367. The van der Waals surface area contributed by atoms with Crippen LogP contribution in [0.1, 0.15) is 28.8 Å². The van der Waals surface area contributed by atoms with Gasteiger partial charge >= 0.3 is 0 Å². The summed E-state index contributed by atoms with van der Waals surface area (Å²) in [7, 11) is 4.41. The molecule has 2 aromatic carbocycles. The first-order chi connectivity index (χ1) is 13.1. The van der Waals surface area contributed by atoms with Crippen molar-refractivity contribution in [1.29, 1.82) is 0 Å². The topological polar surface area (TPSA) is 85.9 Å².